The zero-order chi connectivity index (χ0) is 19.7. The molecule has 1 N–H and O–H groups in total. The van der Waals surface area contributed by atoms with Crippen LogP contribution in [0.2, 0.25) is 0 Å². The summed E-state index contributed by atoms with van der Waals surface area (Å²) in [7, 11) is 0. The third-order valence-corrected chi connectivity index (χ3v) is 4.75. The molecular formula is C23H22N4O. The van der Waals surface area contributed by atoms with Crippen LogP contribution in [0.1, 0.15) is 27.0 Å². The van der Waals surface area contributed by atoms with Crippen LogP contribution >= 0.6 is 0 Å². The molecule has 0 radical (unpaired) electrons. The minimum Gasteiger partial charge on any atom is -0.322 e. The Morgan fingerprint density at radius 1 is 0.929 bits per heavy atom. The number of nitrogens with zero attached hydrogens (tertiary/aromatic N) is 3. The van der Waals surface area contributed by atoms with Crippen LogP contribution in [0.5, 0.6) is 0 Å². The van der Waals surface area contributed by atoms with Crippen LogP contribution in [0.4, 0.5) is 5.69 Å². The highest BCUT2D eigenvalue weighted by atomic mass is 16.1. The highest BCUT2D eigenvalue weighted by molar-refractivity contribution is 6.06. The molecular weight excluding hydrogens is 348 g/mol. The Morgan fingerprint density at radius 3 is 2.29 bits per heavy atom. The maximum absolute atomic E-state index is 13.1. The summed E-state index contributed by atoms with van der Waals surface area (Å²) in [6.07, 6.45) is 5.44. The number of rotatable bonds is 4. The lowest BCUT2D eigenvalue weighted by molar-refractivity contribution is 0.102. The first-order valence-electron chi connectivity index (χ1n) is 9.20. The predicted octanol–water partition coefficient (Wildman–Crippen LogP) is 4.84. The molecule has 0 aliphatic heterocycles. The Kier molecular flexibility index (Phi) is 4.57. The van der Waals surface area contributed by atoms with E-state index in [0.29, 0.717) is 11.4 Å². The SMILES string of the molecule is Cc1ccc(-n2ncc(C(=O)Nc3ccc(C)cc3C)c2-n2cccc2)cc1. The topological polar surface area (TPSA) is 51.9 Å². The average Bonchev–Trinajstić information content (AvgIpc) is 3.33. The van der Waals surface area contributed by atoms with Gasteiger partial charge in [0.2, 0.25) is 0 Å². The highest BCUT2D eigenvalue weighted by Gasteiger charge is 2.20. The van der Waals surface area contributed by atoms with Gasteiger partial charge in [-0.1, -0.05) is 35.4 Å². The number of carbonyl (C=O) groups is 1. The van der Waals surface area contributed by atoms with E-state index in [2.05, 4.69) is 16.5 Å². The number of amides is 1. The van der Waals surface area contributed by atoms with E-state index in [9.17, 15) is 4.79 Å². The standard InChI is InChI=1S/C23H22N4O/c1-16-6-9-19(10-7-16)27-23(26-12-4-5-13-26)20(15-24-27)22(28)25-21-11-8-17(2)14-18(21)3/h4-15H,1-3H3,(H,25,28). The van der Waals surface area contributed by atoms with E-state index in [4.69, 9.17) is 0 Å². The molecule has 4 aromatic rings. The summed E-state index contributed by atoms with van der Waals surface area (Å²) in [6.45, 7) is 6.07. The van der Waals surface area contributed by atoms with Crippen molar-refractivity contribution in [2.45, 2.75) is 20.8 Å². The molecule has 5 heteroatoms. The molecule has 28 heavy (non-hydrogen) atoms. The second kappa shape index (κ2) is 7.19. The van der Waals surface area contributed by atoms with Gasteiger partial charge in [0.05, 0.1) is 11.9 Å². The van der Waals surface area contributed by atoms with Crippen molar-refractivity contribution >= 4 is 11.6 Å². The van der Waals surface area contributed by atoms with Crippen molar-refractivity contribution in [2.24, 2.45) is 0 Å². The van der Waals surface area contributed by atoms with Crippen molar-refractivity contribution in [2.75, 3.05) is 5.32 Å². The molecule has 0 fully saturated rings. The molecule has 0 saturated carbocycles. The number of anilines is 1. The van der Waals surface area contributed by atoms with E-state index >= 15 is 0 Å². The number of aromatic nitrogens is 3. The van der Waals surface area contributed by atoms with Crippen LogP contribution in [0.15, 0.2) is 73.2 Å². The summed E-state index contributed by atoms with van der Waals surface area (Å²) in [5.74, 6) is 0.519. The van der Waals surface area contributed by atoms with Crippen LogP contribution < -0.4 is 5.32 Å². The average molecular weight is 370 g/mol. The van der Waals surface area contributed by atoms with Crippen molar-refractivity contribution < 1.29 is 4.79 Å². The van der Waals surface area contributed by atoms with Gasteiger partial charge in [-0.2, -0.15) is 5.10 Å². The van der Waals surface area contributed by atoms with E-state index in [1.807, 2.05) is 86.3 Å². The van der Waals surface area contributed by atoms with Gasteiger partial charge in [-0.05, 0) is 56.7 Å². The quantitative estimate of drug-likeness (QED) is 0.559. The van der Waals surface area contributed by atoms with Gasteiger partial charge in [-0.25, -0.2) is 4.68 Å². The lowest BCUT2D eigenvalue weighted by Gasteiger charge is -2.12. The minimum absolute atomic E-state index is 0.186. The summed E-state index contributed by atoms with van der Waals surface area (Å²) in [5.41, 5.74) is 5.58. The predicted molar refractivity (Wildman–Crippen MR) is 111 cm³/mol. The van der Waals surface area contributed by atoms with Gasteiger partial charge in [0, 0.05) is 18.1 Å². The number of nitrogens with one attached hydrogen (secondary N) is 1. The largest absolute Gasteiger partial charge is 0.322 e. The molecule has 0 spiro atoms. The number of carbonyl (C=O) groups excluding carboxylic acids is 1. The van der Waals surface area contributed by atoms with Crippen LogP contribution in [0.3, 0.4) is 0 Å². The second-order valence-electron chi connectivity index (χ2n) is 6.99. The number of hydrogen-bond acceptors (Lipinski definition) is 2. The molecule has 0 bridgehead atoms. The Labute approximate surface area is 164 Å². The van der Waals surface area contributed by atoms with Crippen molar-refractivity contribution in [3.05, 3.63) is 95.4 Å². The highest BCUT2D eigenvalue weighted by Crippen LogP contribution is 2.23. The minimum atomic E-state index is -0.186. The van der Waals surface area contributed by atoms with Gasteiger partial charge in [-0.15, -0.1) is 0 Å². The number of benzene rings is 2. The first kappa shape index (κ1) is 17.8. The van der Waals surface area contributed by atoms with Gasteiger partial charge < -0.3 is 9.88 Å². The van der Waals surface area contributed by atoms with Gasteiger partial charge in [0.1, 0.15) is 5.56 Å². The molecule has 2 aromatic carbocycles. The lowest BCUT2D eigenvalue weighted by atomic mass is 10.1. The fraction of sp³-hybridized carbons (Fsp3) is 0.130. The Balaban J connectivity index is 1.76. The van der Waals surface area contributed by atoms with Gasteiger partial charge in [0.25, 0.3) is 5.91 Å². The van der Waals surface area contributed by atoms with E-state index in [1.54, 1.807) is 10.9 Å². The van der Waals surface area contributed by atoms with Gasteiger partial charge in [-0.3, -0.25) is 4.79 Å². The molecule has 2 aromatic heterocycles. The summed E-state index contributed by atoms with van der Waals surface area (Å²) in [5, 5.41) is 7.53. The fourth-order valence-electron chi connectivity index (χ4n) is 3.24. The van der Waals surface area contributed by atoms with E-state index in [1.165, 1.54) is 5.56 Å². The van der Waals surface area contributed by atoms with E-state index in [0.717, 1.165) is 22.5 Å². The molecule has 1 amide bonds. The maximum Gasteiger partial charge on any atom is 0.261 e. The Morgan fingerprint density at radius 2 is 1.61 bits per heavy atom. The van der Waals surface area contributed by atoms with Crippen molar-refractivity contribution in [3.8, 4) is 11.5 Å². The van der Waals surface area contributed by atoms with Crippen molar-refractivity contribution in [1.29, 1.82) is 0 Å². The molecule has 0 aliphatic carbocycles. The monoisotopic (exact) mass is 370 g/mol. The third-order valence-electron chi connectivity index (χ3n) is 4.75. The maximum atomic E-state index is 13.1. The van der Waals surface area contributed by atoms with E-state index in [-0.39, 0.29) is 5.91 Å². The molecule has 140 valence electrons. The van der Waals surface area contributed by atoms with Gasteiger partial charge in [0.15, 0.2) is 5.82 Å². The summed E-state index contributed by atoms with van der Waals surface area (Å²) >= 11 is 0. The fourth-order valence-corrected chi connectivity index (χ4v) is 3.24. The Bertz CT molecular complexity index is 1120. The summed E-state index contributed by atoms with van der Waals surface area (Å²) < 4.78 is 3.69. The lowest BCUT2D eigenvalue weighted by Crippen LogP contribution is -2.16. The van der Waals surface area contributed by atoms with Crippen LogP contribution in [-0.2, 0) is 0 Å². The zero-order valence-electron chi connectivity index (χ0n) is 16.2. The molecule has 0 saturated heterocycles. The molecule has 0 atom stereocenters. The normalized spacial score (nSPS) is 10.8. The molecule has 4 rings (SSSR count). The smallest absolute Gasteiger partial charge is 0.261 e. The molecule has 0 unspecified atom stereocenters. The number of hydrogen-bond donors (Lipinski definition) is 1. The van der Waals surface area contributed by atoms with Crippen LogP contribution in [0.25, 0.3) is 11.5 Å². The summed E-state index contributed by atoms with van der Waals surface area (Å²) in [6, 6.07) is 17.9. The Hall–Kier alpha value is -3.60. The van der Waals surface area contributed by atoms with Gasteiger partial charge >= 0.3 is 0 Å². The van der Waals surface area contributed by atoms with Crippen molar-refractivity contribution in [1.82, 2.24) is 14.3 Å². The zero-order valence-corrected chi connectivity index (χ0v) is 16.2. The molecule has 0 aliphatic rings. The van der Waals surface area contributed by atoms with E-state index < -0.39 is 0 Å². The van der Waals surface area contributed by atoms with Crippen molar-refractivity contribution in [3.63, 3.8) is 0 Å². The summed E-state index contributed by atoms with van der Waals surface area (Å²) in [4.78, 5) is 13.1. The molecule has 2 heterocycles. The first-order chi connectivity index (χ1) is 13.5. The molecule has 5 nitrogen and oxygen atoms in total. The van der Waals surface area contributed by atoms with Crippen LogP contribution in [-0.4, -0.2) is 20.3 Å². The first-order valence-corrected chi connectivity index (χ1v) is 9.20. The van der Waals surface area contributed by atoms with Crippen LogP contribution in [0, 0.1) is 20.8 Å². The second-order valence-corrected chi connectivity index (χ2v) is 6.99. The number of aryl methyl sites for hydroxylation is 3. The third kappa shape index (κ3) is 3.34.